The quantitative estimate of drug-likeness (QED) is 0.827. The van der Waals surface area contributed by atoms with Crippen LogP contribution in [0, 0.1) is 0 Å². The van der Waals surface area contributed by atoms with Gasteiger partial charge in [0, 0.05) is 24.7 Å². The van der Waals surface area contributed by atoms with Crippen molar-refractivity contribution in [2.45, 2.75) is 57.7 Å². The summed E-state index contributed by atoms with van der Waals surface area (Å²) < 4.78 is 28.6. The van der Waals surface area contributed by atoms with E-state index < -0.39 is 15.4 Å². The monoisotopic (exact) mass is 318 g/mol. The van der Waals surface area contributed by atoms with Crippen molar-refractivity contribution >= 4 is 15.9 Å². The van der Waals surface area contributed by atoms with Gasteiger partial charge in [0.25, 0.3) is 0 Å². The number of carbonyl (C=O) groups excluding carboxylic acids is 1. The summed E-state index contributed by atoms with van der Waals surface area (Å²) >= 11 is 0. The fourth-order valence-corrected chi connectivity index (χ4v) is 5.09. The van der Waals surface area contributed by atoms with E-state index in [4.69, 9.17) is 4.74 Å². The lowest BCUT2D eigenvalue weighted by Gasteiger charge is -2.29. The molecule has 0 aliphatic carbocycles. The molecule has 1 amide bonds. The van der Waals surface area contributed by atoms with Gasteiger partial charge in [-0.2, -0.15) is 0 Å². The van der Waals surface area contributed by atoms with Gasteiger partial charge in [0.05, 0.1) is 11.5 Å². The van der Waals surface area contributed by atoms with Gasteiger partial charge in [-0.1, -0.05) is 0 Å². The molecule has 2 aliphatic rings. The third kappa shape index (κ3) is 4.57. The van der Waals surface area contributed by atoms with E-state index in [9.17, 15) is 13.2 Å². The van der Waals surface area contributed by atoms with Crippen molar-refractivity contribution in [1.29, 1.82) is 0 Å². The second kappa shape index (κ2) is 5.43. The number of carbonyl (C=O) groups is 1. The fourth-order valence-electron chi connectivity index (χ4n) is 2.99. The van der Waals surface area contributed by atoms with Gasteiger partial charge in [-0.05, 0) is 40.5 Å². The molecule has 0 saturated carbocycles. The molecule has 0 aromatic rings. The maximum absolute atomic E-state index is 12.0. The van der Waals surface area contributed by atoms with Crippen molar-refractivity contribution in [3.63, 3.8) is 0 Å². The summed E-state index contributed by atoms with van der Waals surface area (Å²) in [6, 6.07) is 0.135. The SMILES string of the molecule is CC1(NC2CCN(C(=O)OC(C)(C)C)C2)CCS(=O)(=O)C1. The normalized spacial score (nSPS) is 32.4. The van der Waals surface area contributed by atoms with Gasteiger partial charge in [-0.25, -0.2) is 13.2 Å². The lowest BCUT2D eigenvalue weighted by molar-refractivity contribution is 0.0289. The highest BCUT2D eigenvalue weighted by molar-refractivity contribution is 7.91. The minimum absolute atomic E-state index is 0.135. The molecule has 2 heterocycles. The first-order valence-electron chi connectivity index (χ1n) is 7.44. The Hall–Kier alpha value is -0.820. The highest BCUT2D eigenvalue weighted by Crippen LogP contribution is 2.25. The smallest absolute Gasteiger partial charge is 0.410 e. The largest absolute Gasteiger partial charge is 0.444 e. The van der Waals surface area contributed by atoms with Crippen LogP contribution in [0.25, 0.3) is 0 Å². The second-order valence-corrected chi connectivity index (χ2v) is 9.64. The van der Waals surface area contributed by atoms with Crippen molar-refractivity contribution in [1.82, 2.24) is 10.2 Å². The number of sulfone groups is 1. The Morgan fingerprint density at radius 3 is 2.57 bits per heavy atom. The number of nitrogens with one attached hydrogen (secondary N) is 1. The molecule has 1 N–H and O–H groups in total. The Balaban J connectivity index is 1.87. The first-order valence-corrected chi connectivity index (χ1v) is 9.26. The molecule has 0 radical (unpaired) electrons. The molecule has 2 fully saturated rings. The van der Waals surface area contributed by atoms with E-state index in [1.807, 2.05) is 27.7 Å². The van der Waals surface area contributed by atoms with Crippen LogP contribution >= 0.6 is 0 Å². The van der Waals surface area contributed by atoms with Gasteiger partial charge in [0.15, 0.2) is 9.84 Å². The number of hydrogen-bond acceptors (Lipinski definition) is 5. The Labute approximate surface area is 127 Å². The van der Waals surface area contributed by atoms with Gasteiger partial charge in [0.2, 0.25) is 0 Å². The van der Waals surface area contributed by atoms with Crippen LogP contribution in [-0.2, 0) is 14.6 Å². The van der Waals surface area contributed by atoms with Crippen LogP contribution in [0.1, 0.15) is 40.5 Å². The summed E-state index contributed by atoms with van der Waals surface area (Å²) in [4.78, 5) is 13.7. The average Bonchev–Trinajstić information content (AvgIpc) is 2.81. The molecule has 122 valence electrons. The zero-order chi connectivity index (χ0) is 15.9. The van der Waals surface area contributed by atoms with Gasteiger partial charge in [0.1, 0.15) is 5.60 Å². The van der Waals surface area contributed by atoms with Crippen LogP contribution in [0.2, 0.25) is 0 Å². The first kappa shape index (κ1) is 16.5. The maximum atomic E-state index is 12.0. The Morgan fingerprint density at radius 2 is 2.05 bits per heavy atom. The number of hydrogen-bond donors (Lipinski definition) is 1. The molecule has 6 nitrogen and oxygen atoms in total. The van der Waals surface area contributed by atoms with Crippen molar-refractivity contribution in [2.24, 2.45) is 0 Å². The predicted octanol–water partition coefficient (Wildman–Crippen LogP) is 1.16. The Kier molecular flexibility index (Phi) is 4.28. The Morgan fingerprint density at radius 1 is 1.38 bits per heavy atom. The number of amides is 1. The summed E-state index contributed by atoms with van der Waals surface area (Å²) in [5.41, 5.74) is -0.860. The topological polar surface area (TPSA) is 75.7 Å². The fraction of sp³-hybridized carbons (Fsp3) is 0.929. The molecule has 2 rings (SSSR count). The summed E-state index contributed by atoms with van der Waals surface area (Å²) in [6.07, 6.45) is 1.17. The number of nitrogens with zero attached hydrogens (tertiary/aromatic N) is 1. The minimum atomic E-state index is -2.92. The molecule has 2 atom stereocenters. The number of ether oxygens (including phenoxy) is 1. The van der Waals surface area contributed by atoms with Crippen LogP contribution < -0.4 is 5.32 Å². The summed E-state index contributed by atoms with van der Waals surface area (Å²) in [5.74, 6) is 0.432. The Bertz CT molecular complexity index is 512. The van der Waals surface area contributed by atoms with Crippen LogP contribution in [-0.4, -0.2) is 61.2 Å². The summed E-state index contributed by atoms with van der Waals surface area (Å²) in [5, 5.41) is 3.43. The molecule has 2 unspecified atom stereocenters. The average molecular weight is 318 g/mol. The molecule has 21 heavy (non-hydrogen) atoms. The van der Waals surface area contributed by atoms with Crippen LogP contribution in [0.3, 0.4) is 0 Å². The predicted molar refractivity (Wildman–Crippen MR) is 81.0 cm³/mol. The molecule has 0 aromatic carbocycles. The first-order chi connectivity index (χ1) is 9.48. The molecule has 7 heteroatoms. The highest BCUT2D eigenvalue weighted by atomic mass is 32.2. The van der Waals surface area contributed by atoms with Crippen LogP contribution in [0.15, 0.2) is 0 Å². The van der Waals surface area contributed by atoms with E-state index in [0.29, 0.717) is 19.5 Å². The number of rotatable bonds is 2. The molecule has 2 saturated heterocycles. The number of likely N-dealkylation sites (tertiary alicyclic amines) is 1. The van der Waals surface area contributed by atoms with Crippen molar-refractivity contribution in [2.75, 3.05) is 24.6 Å². The van der Waals surface area contributed by atoms with Crippen molar-refractivity contribution in [3.05, 3.63) is 0 Å². The molecule has 0 aromatic heterocycles. The van der Waals surface area contributed by atoms with E-state index in [-0.39, 0.29) is 29.2 Å². The minimum Gasteiger partial charge on any atom is -0.444 e. The van der Waals surface area contributed by atoms with E-state index >= 15 is 0 Å². The molecular formula is C14H26N2O4S. The van der Waals surface area contributed by atoms with Gasteiger partial charge in [-0.15, -0.1) is 0 Å². The second-order valence-electron chi connectivity index (χ2n) is 7.46. The van der Waals surface area contributed by atoms with E-state index in [2.05, 4.69) is 5.32 Å². The molecule has 0 spiro atoms. The third-order valence-corrected chi connectivity index (χ3v) is 5.80. The van der Waals surface area contributed by atoms with E-state index in [0.717, 1.165) is 6.42 Å². The highest BCUT2D eigenvalue weighted by Gasteiger charge is 2.41. The zero-order valence-electron chi connectivity index (χ0n) is 13.3. The molecule has 0 bridgehead atoms. The van der Waals surface area contributed by atoms with Gasteiger partial charge >= 0.3 is 6.09 Å². The standard InChI is InChI=1S/C14H26N2O4S/c1-13(2,3)20-12(17)16-7-5-11(9-16)15-14(4)6-8-21(18,19)10-14/h11,15H,5-10H2,1-4H3. The van der Waals surface area contributed by atoms with Crippen LogP contribution in [0.4, 0.5) is 4.79 Å². The molecule has 2 aliphatic heterocycles. The third-order valence-electron chi connectivity index (χ3n) is 3.90. The van der Waals surface area contributed by atoms with Gasteiger partial charge in [-0.3, -0.25) is 0 Å². The summed E-state index contributed by atoms with van der Waals surface area (Å²) in [6.45, 7) is 8.72. The van der Waals surface area contributed by atoms with E-state index in [1.54, 1.807) is 4.90 Å². The lowest BCUT2D eigenvalue weighted by atomic mass is 10.0. The lowest BCUT2D eigenvalue weighted by Crippen LogP contribution is -2.50. The van der Waals surface area contributed by atoms with Crippen molar-refractivity contribution in [3.8, 4) is 0 Å². The zero-order valence-corrected chi connectivity index (χ0v) is 14.1. The van der Waals surface area contributed by atoms with Crippen molar-refractivity contribution < 1.29 is 17.9 Å². The molecular weight excluding hydrogens is 292 g/mol. The summed E-state index contributed by atoms with van der Waals surface area (Å²) in [7, 11) is -2.92. The van der Waals surface area contributed by atoms with Gasteiger partial charge < -0.3 is 15.0 Å². The van der Waals surface area contributed by atoms with E-state index in [1.165, 1.54) is 0 Å². The maximum Gasteiger partial charge on any atom is 0.410 e. The van der Waals surface area contributed by atoms with Crippen LogP contribution in [0.5, 0.6) is 0 Å².